The number of aryl methyl sites for hydroxylation is 1. The van der Waals surface area contributed by atoms with Gasteiger partial charge >= 0.3 is 0 Å². The summed E-state index contributed by atoms with van der Waals surface area (Å²) in [7, 11) is 1.83. The van der Waals surface area contributed by atoms with Crippen LogP contribution in [-0.4, -0.2) is 62.7 Å². The average Bonchev–Trinajstić information content (AvgIpc) is 3.03. The van der Waals surface area contributed by atoms with Crippen LogP contribution < -0.4 is 4.90 Å². The van der Waals surface area contributed by atoms with E-state index in [4.69, 9.17) is 0 Å². The van der Waals surface area contributed by atoms with Crippen molar-refractivity contribution >= 4 is 22.8 Å². The Kier molecular flexibility index (Phi) is 4.24. The molecular weight excluding hydrogens is 342 g/mol. The molecule has 0 N–H and O–H groups in total. The number of anilines is 1. The molecule has 0 spiro atoms. The lowest BCUT2D eigenvalue weighted by Crippen LogP contribution is -2.49. The molecule has 140 valence electrons. The quantitative estimate of drug-likeness (QED) is 0.813. The molecule has 2 aromatic rings. The van der Waals surface area contributed by atoms with Gasteiger partial charge in [0.1, 0.15) is 12.1 Å². The molecule has 0 aromatic carbocycles. The maximum atomic E-state index is 13.3. The number of halogens is 2. The van der Waals surface area contributed by atoms with Crippen molar-refractivity contribution in [3.63, 3.8) is 0 Å². The topological polar surface area (TPSA) is 67.2 Å². The summed E-state index contributed by atoms with van der Waals surface area (Å²) in [6.45, 7) is 1.64. The van der Waals surface area contributed by atoms with E-state index in [1.807, 2.05) is 7.05 Å². The lowest BCUT2D eigenvalue weighted by molar-refractivity contribution is -0.141. The van der Waals surface area contributed by atoms with Crippen molar-refractivity contribution in [2.24, 2.45) is 13.0 Å². The molecule has 9 heteroatoms. The van der Waals surface area contributed by atoms with Crippen LogP contribution in [-0.2, 0) is 11.8 Å². The Morgan fingerprint density at radius 1 is 1.23 bits per heavy atom. The molecule has 1 unspecified atom stereocenters. The van der Waals surface area contributed by atoms with E-state index in [0.717, 1.165) is 36.2 Å². The van der Waals surface area contributed by atoms with E-state index in [2.05, 4.69) is 20.0 Å². The van der Waals surface area contributed by atoms with Gasteiger partial charge in [0.2, 0.25) is 5.91 Å². The maximum Gasteiger partial charge on any atom is 0.251 e. The first-order valence-corrected chi connectivity index (χ1v) is 8.99. The first-order chi connectivity index (χ1) is 12.4. The molecule has 1 amide bonds. The van der Waals surface area contributed by atoms with Crippen molar-refractivity contribution in [3.8, 4) is 0 Å². The first-order valence-electron chi connectivity index (χ1n) is 8.99. The molecule has 2 saturated heterocycles. The fourth-order valence-corrected chi connectivity index (χ4v) is 3.89. The van der Waals surface area contributed by atoms with Crippen molar-refractivity contribution < 1.29 is 13.6 Å². The molecule has 1 atom stereocenters. The molecule has 0 saturated carbocycles. The van der Waals surface area contributed by atoms with Crippen molar-refractivity contribution in [1.29, 1.82) is 0 Å². The van der Waals surface area contributed by atoms with E-state index in [1.54, 1.807) is 15.8 Å². The lowest BCUT2D eigenvalue weighted by atomic mass is 9.95. The zero-order valence-corrected chi connectivity index (χ0v) is 14.7. The minimum atomic E-state index is -2.64. The Balaban J connectivity index is 1.50. The van der Waals surface area contributed by atoms with Crippen molar-refractivity contribution in [1.82, 2.24) is 24.6 Å². The zero-order valence-electron chi connectivity index (χ0n) is 14.7. The van der Waals surface area contributed by atoms with Crippen LogP contribution in [0.15, 0.2) is 12.5 Å². The van der Waals surface area contributed by atoms with Gasteiger partial charge in [0.25, 0.3) is 5.92 Å². The second-order valence-electron chi connectivity index (χ2n) is 7.17. The van der Waals surface area contributed by atoms with Gasteiger partial charge in [-0.15, -0.1) is 0 Å². The number of amides is 1. The van der Waals surface area contributed by atoms with Gasteiger partial charge in [-0.1, -0.05) is 0 Å². The largest absolute Gasteiger partial charge is 0.355 e. The van der Waals surface area contributed by atoms with E-state index in [1.165, 1.54) is 6.33 Å². The monoisotopic (exact) mass is 364 g/mol. The fourth-order valence-electron chi connectivity index (χ4n) is 3.89. The van der Waals surface area contributed by atoms with Crippen LogP contribution in [0.3, 0.4) is 0 Å². The molecule has 2 fully saturated rings. The summed E-state index contributed by atoms with van der Waals surface area (Å²) in [4.78, 5) is 25.2. The van der Waals surface area contributed by atoms with Crippen molar-refractivity contribution in [3.05, 3.63) is 12.5 Å². The van der Waals surface area contributed by atoms with Gasteiger partial charge in [0, 0.05) is 46.1 Å². The molecular formula is C17H22F2N6O. The van der Waals surface area contributed by atoms with Crippen LogP contribution in [0.2, 0.25) is 0 Å². The number of hydrogen-bond donors (Lipinski definition) is 0. The molecule has 4 heterocycles. The molecule has 0 radical (unpaired) electrons. The van der Waals surface area contributed by atoms with E-state index in [-0.39, 0.29) is 37.8 Å². The predicted molar refractivity (Wildman–Crippen MR) is 92.0 cm³/mol. The van der Waals surface area contributed by atoms with Crippen LogP contribution in [0.25, 0.3) is 11.0 Å². The van der Waals surface area contributed by atoms with Crippen molar-refractivity contribution in [2.75, 3.05) is 31.1 Å². The van der Waals surface area contributed by atoms with Gasteiger partial charge in [-0.2, -0.15) is 5.10 Å². The zero-order chi connectivity index (χ0) is 18.3. The number of alkyl halides is 2. The number of carbonyl (C=O) groups excluding carboxylic acids is 1. The van der Waals surface area contributed by atoms with Crippen LogP contribution in [0.4, 0.5) is 14.6 Å². The highest BCUT2D eigenvalue weighted by Crippen LogP contribution is 2.31. The molecule has 26 heavy (non-hydrogen) atoms. The molecule has 2 aliphatic heterocycles. The third-order valence-electron chi connectivity index (χ3n) is 5.39. The summed E-state index contributed by atoms with van der Waals surface area (Å²) in [5.74, 6) is -2.05. The number of fused-ring (bicyclic) bond motifs is 1. The molecule has 0 bridgehead atoms. The Bertz CT molecular complexity index is 813. The minimum absolute atomic E-state index is 0.0123. The Hall–Kier alpha value is -2.32. The number of rotatable bonds is 2. The van der Waals surface area contributed by atoms with Gasteiger partial charge in [-0.05, 0) is 12.8 Å². The number of likely N-dealkylation sites (tertiary alicyclic amines) is 1. The first kappa shape index (κ1) is 17.1. The minimum Gasteiger partial charge on any atom is -0.355 e. The number of aromatic nitrogens is 4. The molecule has 7 nitrogen and oxygen atoms in total. The summed E-state index contributed by atoms with van der Waals surface area (Å²) >= 11 is 0. The lowest BCUT2D eigenvalue weighted by Gasteiger charge is -2.38. The number of piperidine rings is 2. The van der Waals surface area contributed by atoms with Gasteiger partial charge in [-0.25, -0.2) is 18.7 Å². The second-order valence-corrected chi connectivity index (χ2v) is 7.17. The Morgan fingerprint density at radius 3 is 2.77 bits per heavy atom. The van der Waals surface area contributed by atoms with Gasteiger partial charge < -0.3 is 9.80 Å². The van der Waals surface area contributed by atoms with Gasteiger partial charge in [-0.3, -0.25) is 9.48 Å². The normalized spacial score (nSPS) is 23.4. The van der Waals surface area contributed by atoms with Crippen molar-refractivity contribution in [2.45, 2.75) is 31.6 Å². The van der Waals surface area contributed by atoms with E-state index in [9.17, 15) is 13.6 Å². The second kappa shape index (κ2) is 6.44. The predicted octanol–water partition coefficient (Wildman–Crippen LogP) is 1.84. The summed E-state index contributed by atoms with van der Waals surface area (Å²) in [5.41, 5.74) is 0.752. The Morgan fingerprint density at radius 2 is 2.00 bits per heavy atom. The summed E-state index contributed by atoms with van der Waals surface area (Å²) in [5, 5.41) is 5.10. The number of carbonyl (C=O) groups is 1. The maximum absolute atomic E-state index is 13.3. The highest BCUT2D eigenvalue weighted by Gasteiger charge is 2.38. The van der Waals surface area contributed by atoms with Gasteiger partial charge in [0.15, 0.2) is 5.65 Å². The summed E-state index contributed by atoms with van der Waals surface area (Å²) in [6.07, 6.45) is 4.42. The molecule has 0 aliphatic carbocycles. The standard InChI is InChI=1S/C17H22F2N6O/c1-23-14-13(9-22-23)15(21-11-20-14)25-6-2-3-12(10-25)16(26)24-7-4-17(18,19)5-8-24/h9,11-12H,2-8,10H2,1H3. The third kappa shape index (κ3) is 3.10. The highest BCUT2D eigenvalue weighted by molar-refractivity contribution is 5.87. The average molecular weight is 364 g/mol. The van der Waals surface area contributed by atoms with Crippen LogP contribution in [0, 0.1) is 5.92 Å². The number of nitrogens with zero attached hydrogens (tertiary/aromatic N) is 6. The van der Waals surface area contributed by atoms with Crippen LogP contribution >= 0.6 is 0 Å². The van der Waals surface area contributed by atoms with Gasteiger partial charge in [0.05, 0.1) is 17.5 Å². The van der Waals surface area contributed by atoms with Crippen LogP contribution in [0.5, 0.6) is 0 Å². The van der Waals surface area contributed by atoms with E-state index < -0.39 is 5.92 Å². The fraction of sp³-hybridized carbons (Fsp3) is 0.647. The summed E-state index contributed by atoms with van der Waals surface area (Å²) < 4.78 is 28.4. The third-order valence-corrected chi connectivity index (χ3v) is 5.39. The molecule has 2 aliphatic rings. The smallest absolute Gasteiger partial charge is 0.251 e. The highest BCUT2D eigenvalue weighted by atomic mass is 19.3. The summed E-state index contributed by atoms with van der Waals surface area (Å²) in [6, 6.07) is 0. The van der Waals surface area contributed by atoms with E-state index >= 15 is 0 Å². The number of hydrogen-bond acceptors (Lipinski definition) is 5. The van der Waals surface area contributed by atoms with Crippen LogP contribution in [0.1, 0.15) is 25.7 Å². The molecule has 4 rings (SSSR count). The Labute approximate surface area is 150 Å². The van der Waals surface area contributed by atoms with E-state index in [0.29, 0.717) is 6.54 Å². The molecule has 2 aromatic heterocycles. The SMILES string of the molecule is Cn1ncc2c(N3CCCC(C(=O)N4CCC(F)(F)CC4)C3)ncnc21.